The average molecular weight is 377 g/mol. The number of aliphatic carboxylic acids is 1. The fourth-order valence-corrected chi connectivity index (χ4v) is 3.99. The van der Waals surface area contributed by atoms with Crippen LogP contribution in [0.15, 0.2) is 29.2 Å². The molecule has 0 bridgehead atoms. The summed E-state index contributed by atoms with van der Waals surface area (Å²) in [6, 6.07) is 6.92. The van der Waals surface area contributed by atoms with Gasteiger partial charge in [-0.15, -0.1) is 0 Å². The van der Waals surface area contributed by atoms with Crippen molar-refractivity contribution in [2.24, 2.45) is 5.92 Å². The zero-order chi connectivity index (χ0) is 18.7. The Labute approximate surface area is 158 Å². The van der Waals surface area contributed by atoms with E-state index in [9.17, 15) is 14.7 Å². The fourth-order valence-electron chi connectivity index (χ4n) is 2.66. The zero-order valence-electron chi connectivity index (χ0n) is 14.8. The first-order chi connectivity index (χ1) is 11.8. The lowest BCUT2D eigenvalue weighted by molar-refractivity contribution is -0.311. The van der Waals surface area contributed by atoms with Crippen molar-refractivity contribution in [3.05, 3.63) is 40.3 Å². The Balaban J connectivity index is 2.29. The minimum atomic E-state index is -1.27. The van der Waals surface area contributed by atoms with E-state index >= 15 is 0 Å². The van der Waals surface area contributed by atoms with Gasteiger partial charge in [-0.1, -0.05) is 82.4 Å². The van der Waals surface area contributed by atoms with Crippen LogP contribution in [-0.2, 0) is 9.59 Å². The van der Waals surface area contributed by atoms with Crippen LogP contribution in [-0.4, -0.2) is 27.1 Å². The minimum Gasteiger partial charge on any atom is -0.548 e. The summed E-state index contributed by atoms with van der Waals surface area (Å²) >= 11 is 6.40. The Morgan fingerprint density at radius 3 is 2.36 bits per heavy atom. The quantitative estimate of drug-likeness (QED) is 0.564. The van der Waals surface area contributed by atoms with Gasteiger partial charge in [0, 0.05) is 0 Å². The second-order valence-corrected chi connectivity index (χ2v) is 8.20. The molecule has 1 aliphatic rings. The topological polar surface area (TPSA) is 60.4 Å². The highest BCUT2D eigenvalue weighted by molar-refractivity contribution is 8.26. The van der Waals surface area contributed by atoms with E-state index < -0.39 is 12.0 Å². The third-order valence-corrected chi connectivity index (χ3v) is 5.76. The van der Waals surface area contributed by atoms with E-state index in [-0.39, 0.29) is 16.1 Å². The number of amides is 1. The van der Waals surface area contributed by atoms with Crippen molar-refractivity contribution in [1.29, 1.82) is 0 Å². The molecule has 25 heavy (non-hydrogen) atoms. The van der Waals surface area contributed by atoms with E-state index in [1.54, 1.807) is 13.0 Å². The van der Waals surface area contributed by atoms with Gasteiger partial charge in [-0.3, -0.25) is 9.69 Å². The van der Waals surface area contributed by atoms with Crippen molar-refractivity contribution >= 4 is 46.3 Å². The van der Waals surface area contributed by atoms with Crippen molar-refractivity contribution in [2.45, 2.75) is 46.1 Å². The van der Waals surface area contributed by atoms with Gasteiger partial charge >= 0.3 is 0 Å². The molecule has 2 rings (SSSR count). The molecule has 0 aliphatic carbocycles. The maximum Gasteiger partial charge on any atom is 0.266 e. The fraction of sp³-hybridized carbons (Fsp3) is 0.421. The molecule has 1 aromatic rings. The second kappa shape index (κ2) is 8.15. The van der Waals surface area contributed by atoms with Crippen LogP contribution in [0.2, 0.25) is 0 Å². The number of rotatable bonds is 6. The molecular formula is C19H22NO3S2-. The number of carbonyl (C=O) groups is 2. The molecule has 1 amide bonds. The number of nitrogens with zero attached hydrogens (tertiary/aromatic N) is 1. The highest BCUT2D eigenvalue weighted by Crippen LogP contribution is 2.35. The summed E-state index contributed by atoms with van der Waals surface area (Å²) < 4.78 is 0.268. The van der Waals surface area contributed by atoms with Crippen molar-refractivity contribution in [3.8, 4) is 0 Å². The molecule has 0 unspecified atom stereocenters. The summed E-state index contributed by atoms with van der Waals surface area (Å²) in [6.07, 6.45) is 2.37. The molecule has 0 saturated carbocycles. The molecule has 0 aromatic heterocycles. The lowest BCUT2D eigenvalue weighted by Crippen LogP contribution is -2.53. The number of carboxylic acids is 1. The van der Waals surface area contributed by atoms with E-state index in [2.05, 4.69) is 13.8 Å². The van der Waals surface area contributed by atoms with Crippen LogP contribution in [0, 0.1) is 5.92 Å². The third kappa shape index (κ3) is 4.30. The summed E-state index contributed by atoms with van der Waals surface area (Å²) in [6.45, 7) is 7.90. The summed E-state index contributed by atoms with van der Waals surface area (Å²) in [4.78, 5) is 25.9. The monoisotopic (exact) mass is 376 g/mol. The SMILES string of the molecule is CC[C@@H](C)[C@@H](C(=O)[O-])N1C(=O)/C(=C/c2ccc(C(C)C)cc2)SC1=S. The number of benzene rings is 1. The Bertz CT molecular complexity index is 710. The molecule has 1 fully saturated rings. The van der Waals surface area contributed by atoms with Crippen LogP contribution in [0.5, 0.6) is 0 Å². The standard InChI is InChI=1S/C19H23NO3S2/c1-5-12(4)16(18(22)23)20-17(21)15(25-19(20)24)10-13-6-8-14(9-7-13)11(2)3/h6-12,16H,5H2,1-4H3,(H,22,23)/p-1/b15-10-/t12-,16+/m1/s1. The maximum absolute atomic E-state index is 12.7. The first-order valence-corrected chi connectivity index (χ1v) is 9.56. The van der Waals surface area contributed by atoms with Crippen LogP contribution < -0.4 is 5.11 Å². The first-order valence-electron chi connectivity index (χ1n) is 8.34. The van der Waals surface area contributed by atoms with Crippen LogP contribution in [0.1, 0.15) is 51.2 Å². The van der Waals surface area contributed by atoms with Gasteiger partial charge in [0.15, 0.2) is 0 Å². The van der Waals surface area contributed by atoms with Gasteiger partial charge in [-0.05, 0) is 29.0 Å². The van der Waals surface area contributed by atoms with E-state index in [1.165, 1.54) is 10.5 Å². The minimum absolute atomic E-state index is 0.239. The molecular weight excluding hydrogens is 354 g/mol. The smallest absolute Gasteiger partial charge is 0.266 e. The second-order valence-electron chi connectivity index (χ2n) is 6.52. The van der Waals surface area contributed by atoms with Crippen molar-refractivity contribution in [2.75, 3.05) is 0 Å². The number of carboxylic acid groups (broad SMARTS) is 1. The maximum atomic E-state index is 12.7. The first kappa shape index (κ1) is 19.7. The molecule has 6 heteroatoms. The van der Waals surface area contributed by atoms with Crippen LogP contribution >= 0.6 is 24.0 Å². The Morgan fingerprint density at radius 2 is 1.88 bits per heavy atom. The van der Waals surface area contributed by atoms with E-state index in [4.69, 9.17) is 12.2 Å². The predicted molar refractivity (Wildman–Crippen MR) is 104 cm³/mol. The summed E-state index contributed by atoms with van der Waals surface area (Å²) in [5, 5.41) is 11.6. The van der Waals surface area contributed by atoms with E-state index in [0.717, 1.165) is 17.3 Å². The van der Waals surface area contributed by atoms with Gasteiger partial charge in [0.1, 0.15) is 4.32 Å². The highest BCUT2D eigenvalue weighted by atomic mass is 32.2. The van der Waals surface area contributed by atoms with Gasteiger partial charge < -0.3 is 9.90 Å². The number of carbonyl (C=O) groups excluding carboxylic acids is 2. The molecule has 0 radical (unpaired) electrons. The van der Waals surface area contributed by atoms with Crippen LogP contribution in [0.25, 0.3) is 6.08 Å². The highest BCUT2D eigenvalue weighted by Gasteiger charge is 2.39. The number of hydrogen-bond acceptors (Lipinski definition) is 5. The third-order valence-electron chi connectivity index (χ3n) is 4.43. The normalized spacial score (nSPS) is 18.9. The van der Waals surface area contributed by atoms with Gasteiger partial charge in [-0.2, -0.15) is 0 Å². The summed E-state index contributed by atoms with van der Waals surface area (Å²) in [5.41, 5.74) is 2.11. The largest absolute Gasteiger partial charge is 0.548 e. The molecule has 1 saturated heterocycles. The van der Waals surface area contributed by atoms with Crippen molar-refractivity contribution in [1.82, 2.24) is 4.90 Å². The Kier molecular flexibility index (Phi) is 6.41. The molecule has 2 atom stereocenters. The molecule has 0 spiro atoms. The molecule has 4 nitrogen and oxygen atoms in total. The summed E-state index contributed by atoms with van der Waals surface area (Å²) in [7, 11) is 0. The number of hydrogen-bond donors (Lipinski definition) is 0. The molecule has 1 aliphatic heterocycles. The van der Waals surface area contributed by atoms with E-state index in [0.29, 0.717) is 17.2 Å². The average Bonchev–Trinajstić information content (AvgIpc) is 2.82. The van der Waals surface area contributed by atoms with Gasteiger partial charge in [0.25, 0.3) is 5.91 Å². The lowest BCUT2D eigenvalue weighted by atomic mass is 9.98. The number of thiocarbonyl (C=S) groups is 1. The van der Waals surface area contributed by atoms with Crippen molar-refractivity contribution in [3.63, 3.8) is 0 Å². The van der Waals surface area contributed by atoms with Gasteiger partial charge in [0.2, 0.25) is 0 Å². The molecule has 0 N–H and O–H groups in total. The predicted octanol–water partition coefficient (Wildman–Crippen LogP) is 3.18. The Hall–Kier alpha value is -1.66. The van der Waals surface area contributed by atoms with Crippen LogP contribution in [0.3, 0.4) is 0 Å². The molecule has 1 heterocycles. The number of thioether (sulfide) groups is 1. The van der Waals surface area contributed by atoms with Gasteiger partial charge in [-0.25, -0.2) is 0 Å². The van der Waals surface area contributed by atoms with Gasteiger partial charge in [0.05, 0.1) is 16.9 Å². The molecule has 1 aromatic carbocycles. The van der Waals surface area contributed by atoms with E-state index in [1.807, 2.05) is 31.2 Å². The molecule has 134 valence electrons. The van der Waals surface area contributed by atoms with Crippen molar-refractivity contribution < 1.29 is 14.7 Å². The van der Waals surface area contributed by atoms with Crippen LogP contribution in [0.4, 0.5) is 0 Å². The summed E-state index contributed by atoms with van der Waals surface area (Å²) in [5.74, 6) is -1.44. The lowest BCUT2D eigenvalue weighted by Gasteiger charge is -2.32. The zero-order valence-corrected chi connectivity index (χ0v) is 16.4. The Morgan fingerprint density at radius 1 is 1.28 bits per heavy atom.